The van der Waals surface area contributed by atoms with Crippen molar-refractivity contribution in [2.75, 3.05) is 6.61 Å². The zero-order valence-electron chi connectivity index (χ0n) is 14.6. The number of rotatable bonds is 4. The van der Waals surface area contributed by atoms with Crippen molar-refractivity contribution in [1.82, 2.24) is 14.8 Å². The van der Waals surface area contributed by atoms with Crippen molar-refractivity contribution in [3.8, 4) is 16.9 Å². The van der Waals surface area contributed by atoms with Gasteiger partial charge in [-0.2, -0.15) is 23.0 Å². The van der Waals surface area contributed by atoms with Crippen molar-refractivity contribution >= 4 is 5.97 Å². The lowest BCUT2D eigenvalue weighted by Crippen LogP contribution is -2.28. The van der Waals surface area contributed by atoms with Crippen molar-refractivity contribution in [1.29, 1.82) is 0 Å². The molecule has 0 radical (unpaired) electrons. The predicted molar refractivity (Wildman–Crippen MR) is 94.0 cm³/mol. The Balaban J connectivity index is 2.17. The van der Waals surface area contributed by atoms with E-state index >= 15 is 0 Å². The van der Waals surface area contributed by atoms with Gasteiger partial charge in [0, 0.05) is 11.8 Å². The summed E-state index contributed by atoms with van der Waals surface area (Å²) in [5.74, 6) is -0.847. The van der Waals surface area contributed by atoms with Gasteiger partial charge in [-0.25, -0.2) is 4.79 Å². The predicted octanol–water partition coefficient (Wildman–Crippen LogP) is 3.49. The average molecular weight is 389 g/mol. The molecule has 0 unspecified atom stereocenters. The molecule has 9 heteroatoms. The molecule has 0 atom stereocenters. The smallest absolute Gasteiger partial charge is 0.433 e. The Kier molecular flexibility index (Phi) is 5.25. The molecule has 144 valence electrons. The van der Waals surface area contributed by atoms with E-state index in [0.717, 1.165) is 16.9 Å². The standard InChI is InChI=1S/C19H14F3N3O3/c1-2-28-18(27)14-10-15(12-8-9-16(23-11-12)19(20,21)22)24-25(17(14)26)13-6-4-3-5-7-13/h3-11H,2H2,1H3. The lowest BCUT2D eigenvalue weighted by atomic mass is 10.1. The second-order valence-corrected chi connectivity index (χ2v) is 5.65. The van der Waals surface area contributed by atoms with Crippen LogP contribution < -0.4 is 5.56 Å². The summed E-state index contributed by atoms with van der Waals surface area (Å²) in [4.78, 5) is 28.3. The first-order valence-electron chi connectivity index (χ1n) is 8.22. The maximum absolute atomic E-state index is 12.7. The Hall–Kier alpha value is -3.49. The van der Waals surface area contributed by atoms with Gasteiger partial charge in [0.25, 0.3) is 5.56 Å². The molecule has 3 aromatic rings. The number of aromatic nitrogens is 3. The summed E-state index contributed by atoms with van der Waals surface area (Å²) in [7, 11) is 0. The van der Waals surface area contributed by atoms with Crippen molar-refractivity contribution in [3.05, 3.63) is 76.3 Å². The number of para-hydroxylation sites is 1. The highest BCUT2D eigenvalue weighted by molar-refractivity contribution is 5.90. The minimum atomic E-state index is -4.58. The molecular formula is C19H14F3N3O3. The molecular weight excluding hydrogens is 375 g/mol. The monoisotopic (exact) mass is 389 g/mol. The molecule has 2 aromatic heterocycles. The quantitative estimate of drug-likeness (QED) is 0.639. The number of esters is 1. The molecule has 3 rings (SSSR count). The first-order chi connectivity index (χ1) is 13.3. The Morgan fingerprint density at radius 3 is 2.43 bits per heavy atom. The van der Waals surface area contributed by atoms with Crippen molar-refractivity contribution in [2.45, 2.75) is 13.1 Å². The van der Waals surface area contributed by atoms with E-state index in [9.17, 15) is 22.8 Å². The van der Waals surface area contributed by atoms with Crippen LogP contribution in [0, 0.1) is 0 Å². The second-order valence-electron chi connectivity index (χ2n) is 5.65. The number of carbonyl (C=O) groups excluding carboxylic acids is 1. The van der Waals surface area contributed by atoms with E-state index in [4.69, 9.17) is 4.74 Å². The summed E-state index contributed by atoms with van der Waals surface area (Å²) in [6, 6.07) is 11.5. The molecule has 28 heavy (non-hydrogen) atoms. The number of alkyl halides is 3. The summed E-state index contributed by atoms with van der Waals surface area (Å²) in [6.07, 6.45) is -3.59. The normalized spacial score (nSPS) is 11.3. The van der Waals surface area contributed by atoms with Crippen molar-refractivity contribution in [2.24, 2.45) is 0 Å². The molecule has 0 bridgehead atoms. The molecule has 0 aliphatic heterocycles. The van der Waals surface area contributed by atoms with E-state index in [1.807, 2.05) is 0 Å². The number of pyridine rings is 1. The molecule has 0 spiro atoms. The largest absolute Gasteiger partial charge is 0.462 e. The van der Waals surface area contributed by atoms with Gasteiger partial charge in [0.15, 0.2) is 0 Å². The van der Waals surface area contributed by atoms with Gasteiger partial charge in [-0.3, -0.25) is 9.78 Å². The van der Waals surface area contributed by atoms with Gasteiger partial charge in [0.2, 0.25) is 0 Å². The highest BCUT2D eigenvalue weighted by atomic mass is 19.4. The van der Waals surface area contributed by atoms with Crippen LogP contribution in [-0.4, -0.2) is 27.3 Å². The highest BCUT2D eigenvalue weighted by Crippen LogP contribution is 2.28. The van der Waals surface area contributed by atoms with Crippen LogP contribution >= 0.6 is 0 Å². The summed E-state index contributed by atoms with van der Waals surface area (Å²) in [5, 5.41) is 4.18. The maximum Gasteiger partial charge on any atom is 0.433 e. The summed E-state index contributed by atoms with van der Waals surface area (Å²) < 4.78 is 44.1. The Morgan fingerprint density at radius 2 is 1.86 bits per heavy atom. The molecule has 0 N–H and O–H groups in total. The number of ether oxygens (including phenoxy) is 1. The molecule has 0 amide bonds. The van der Waals surface area contributed by atoms with Gasteiger partial charge in [0.05, 0.1) is 18.0 Å². The fraction of sp³-hybridized carbons (Fsp3) is 0.158. The number of benzene rings is 1. The fourth-order valence-electron chi connectivity index (χ4n) is 2.45. The Bertz CT molecular complexity index is 1050. The van der Waals surface area contributed by atoms with Crippen molar-refractivity contribution < 1.29 is 22.7 Å². The lowest BCUT2D eigenvalue weighted by molar-refractivity contribution is -0.141. The Labute approximate surface area is 157 Å². The van der Waals surface area contributed by atoms with E-state index in [0.29, 0.717) is 5.69 Å². The van der Waals surface area contributed by atoms with Gasteiger partial charge in [-0.1, -0.05) is 18.2 Å². The van der Waals surface area contributed by atoms with Gasteiger partial charge in [0.1, 0.15) is 11.3 Å². The molecule has 0 fully saturated rings. The van der Waals surface area contributed by atoms with E-state index in [-0.39, 0.29) is 23.4 Å². The zero-order chi connectivity index (χ0) is 20.3. The third kappa shape index (κ3) is 3.93. The van der Waals surface area contributed by atoms with E-state index in [2.05, 4.69) is 10.1 Å². The van der Waals surface area contributed by atoms with E-state index in [1.54, 1.807) is 37.3 Å². The van der Waals surface area contributed by atoms with Gasteiger partial charge >= 0.3 is 12.1 Å². The van der Waals surface area contributed by atoms with E-state index < -0.39 is 23.4 Å². The lowest BCUT2D eigenvalue weighted by Gasteiger charge is -2.11. The first kappa shape index (κ1) is 19.3. The summed E-state index contributed by atoms with van der Waals surface area (Å²) in [6.45, 7) is 1.65. The topological polar surface area (TPSA) is 74.1 Å². The summed E-state index contributed by atoms with van der Waals surface area (Å²) >= 11 is 0. The number of hydrogen-bond acceptors (Lipinski definition) is 5. The minimum absolute atomic E-state index is 0.0586. The molecule has 1 aromatic carbocycles. The van der Waals surface area contributed by atoms with Crippen LogP contribution in [0.4, 0.5) is 13.2 Å². The van der Waals surface area contributed by atoms with Crippen LogP contribution in [0.3, 0.4) is 0 Å². The molecule has 0 saturated carbocycles. The molecule has 6 nitrogen and oxygen atoms in total. The van der Waals surface area contributed by atoms with Gasteiger partial charge < -0.3 is 4.74 Å². The molecule has 2 heterocycles. The Morgan fingerprint density at radius 1 is 1.14 bits per heavy atom. The molecule has 0 aliphatic rings. The fourth-order valence-corrected chi connectivity index (χ4v) is 2.45. The van der Waals surface area contributed by atoms with Gasteiger partial charge in [-0.15, -0.1) is 0 Å². The van der Waals surface area contributed by atoms with E-state index in [1.165, 1.54) is 12.1 Å². The number of hydrogen-bond donors (Lipinski definition) is 0. The summed E-state index contributed by atoms with van der Waals surface area (Å²) in [5.41, 5.74) is -1.34. The molecule has 0 aliphatic carbocycles. The SMILES string of the molecule is CCOC(=O)c1cc(-c2ccc(C(F)(F)F)nc2)nn(-c2ccccc2)c1=O. The minimum Gasteiger partial charge on any atom is -0.462 e. The second kappa shape index (κ2) is 7.63. The molecule has 0 saturated heterocycles. The maximum atomic E-state index is 12.7. The highest BCUT2D eigenvalue weighted by Gasteiger charge is 2.32. The number of carbonyl (C=O) groups is 1. The number of nitrogens with zero attached hydrogens (tertiary/aromatic N) is 3. The third-order valence-electron chi connectivity index (χ3n) is 3.76. The van der Waals surface area contributed by atoms with Crippen LogP contribution in [0.2, 0.25) is 0 Å². The average Bonchev–Trinajstić information content (AvgIpc) is 2.68. The van der Waals surface area contributed by atoms with Crippen LogP contribution in [0.15, 0.2) is 59.5 Å². The first-order valence-corrected chi connectivity index (χ1v) is 8.22. The van der Waals surface area contributed by atoms with Crippen molar-refractivity contribution in [3.63, 3.8) is 0 Å². The van der Waals surface area contributed by atoms with Crippen LogP contribution in [-0.2, 0) is 10.9 Å². The van der Waals surface area contributed by atoms with Gasteiger partial charge in [-0.05, 0) is 37.3 Å². The van der Waals surface area contributed by atoms with Crippen LogP contribution in [0.5, 0.6) is 0 Å². The van der Waals surface area contributed by atoms with Crippen LogP contribution in [0.1, 0.15) is 23.0 Å². The number of halogens is 3. The third-order valence-corrected chi connectivity index (χ3v) is 3.76. The zero-order valence-corrected chi connectivity index (χ0v) is 14.6. The van der Waals surface area contributed by atoms with Crippen LogP contribution in [0.25, 0.3) is 16.9 Å².